The molecule has 2 aromatic carbocycles. The second-order valence-corrected chi connectivity index (χ2v) is 5.41. The van der Waals surface area contributed by atoms with Crippen molar-refractivity contribution in [3.63, 3.8) is 0 Å². The minimum atomic E-state index is 0. The van der Waals surface area contributed by atoms with Crippen LogP contribution < -0.4 is 5.73 Å². The Kier molecular flexibility index (Phi) is 4.69. The lowest BCUT2D eigenvalue weighted by Crippen LogP contribution is -2.22. The molecule has 0 amide bonds. The summed E-state index contributed by atoms with van der Waals surface area (Å²) in [6.07, 6.45) is 2.42. The third-order valence-electron chi connectivity index (χ3n) is 4.02. The molecule has 2 N–H and O–H groups in total. The summed E-state index contributed by atoms with van der Waals surface area (Å²) in [7, 11) is 2.20. The van der Waals surface area contributed by atoms with E-state index in [1.54, 1.807) is 0 Å². The Labute approximate surface area is 127 Å². The highest BCUT2D eigenvalue weighted by molar-refractivity contribution is 5.85. The Morgan fingerprint density at radius 3 is 2.75 bits per heavy atom. The van der Waals surface area contributed by atoms with Crippen LogP contribution in [0.3, 0.4) is 0 Å². The second-order valence-electron chi connectivity index (χ2n) is 5.41. The zero-order valence-electron chi connectivity index (χ0n) is 11.8. The molecule has 106 valence electrons. The molecule has 2 nitrogen and oxygen atoms in total. The van der Waals surface area contributed by atoms with Crippen LogP contribution in [0.2, 0.25) is 0 Å². The molecule has 1 aliphatic carbocycles. The van der Waals surface area contributed by atoms with E-state index in [1.165, 1.54) is 29.5 Å². The number of nitrogen functional groups attached to an aromatic ring is 1. The van der Waals surface area contributed by atoms with Gasteiger partial charge in [0.1, 0.15) is 0 Å². The van der Waals surface area contributed by atoms with E-state index < -0.39 is 0 Å². The average molecular weight is 289 g/mol. The van der Waals surface area contributed by atoms with Crippen molar-refractivity contribution in [2.45, 2.75) is 25.4 Å². The Morgan fingerprint density at radius 2 is 1.95 bits per heavy atom. The van der Waals surface area contributed by atoms with Crippen LogP contribution in [0, 0.1) is 0 Å². The summed E-state index contributed by atoms with van der Waals surface area (Å²) in [5.41, 5.74) is 11.0. The predicted molar refractivity (Wildman–Crippen MR) is 87.1 cm³/mol. The van der Waals surface area contributed by atoms with Crippen LogP contribution in [0.15, 0.2) is 48.5 Å². The van der Waals surface area contributed by atoms with Crippen LogP contribution >= 0.6 is 12.4 Å². The van der Waals surface area contributed by atoms with E-state index in [0.29, 0.717) is 6.04 Å². The fourth-order valence-corrected chi connectivity index (χ4v) is 3.08. The van der Waals surface area contributed by atoms with Gasteiger partial charge in [0, 0.05) is 18.3 Å². The Balaban J connectivity index is 0.00000147. The predicted octanol–water partition coefficient (Wildman–Crippen LogP) is 3.81. The molecule has 0 aromatic heterocycles. The van der Waals surface area contributed by atoms with E-state index in [0.717, 1.165) is 12.2 Å². The van der Waals surface area contributed by atoms with Gasteiger partial charge in [-0.3, -0.25) is 4.90 Å². The maximum absolute atomic E-state index is 5.85. The van der Waals surface area contributed by atoms with E-state index in [2.05, 4.69) is 48.3 Å². The fourth-order valence-electron chi connectivity index (χ4n) is 3.08. The van der Waals surface area contributed by atoms with Crippen molar-refractivity contribution in [2.75, 3.05) is 12.8 Å². The first-order chi connectivity index (χ1) is 9.24. The van der Waals surface area contributed by atoms with Crippen LogP contribution in [-0.2, 0) is 13.0 Å². The highest BCUT2D eigenvalue weighted by atomic mass is 35.5. The van der Waals surface area contributed by atoms with Gasteiger partial charge in [-0.15, -0.1) is 12.4 Å². The van der Waals surface area contributed by atoms with Gasteiger partial charge in [-0.25, -0.2) is 0 Å². The van der Waals surface area contributed by atoms with Crippen molar-refractivity contribution < 1.29 is 0 Å². The molecule has 0 aliphatic heterocycles. The summed E-state index contributed by atoms with van der Waals surface area (Å²) in [5, 5.41) is 0. The first-order valence-electron chi connectivity index (χ1n) is 6.86. The van der Waals surface area contributed by atoms with Gasteiger partial charge < -0.3 is 5.73 Å². The van der Waals surface area contributed by atoms with E-state index in [4.69, 9.17) is 5.73 Å². The Hall–Kier alpha value is -1.51. The fraction of sp³-hybridized carbons (Fsp3) is 0.294. The summed E-state index contributed by atoms with van der Waals surface area (Å²) in [6, 6.07) is 17.5. The Bertz CT molecular complexity index is 583. The van der Waals surface area contributed by atoms with Crippen LogP contribution in [-0.4, -0.2) is 11.9 Å². The summed E-state index contributed by atoms with van der Waals surface area (Å²) >= 11 is 0. The number of hydrogen-bond donors (Lipinski definition) is 1. The lowest BCUT2D eigenvalue weighted by atomic mass is 10.1. The maximum atomic E-state index is 5.85. The number of benzene rings is 2. The molecule has 0 fully saturated rings. The quantitative estimate of drug-likeness (QED) is 0.870. The first kappa shape index (κ1) is 14.9. The number of aryl methyl sites for hydroxylation is 1. The van der Waals surface area contributed by atoms with Gasteiger partial charge in [-0.2, -0.15) is 0 Å². The normalized spacial score (nSPS) is 16.8. The van der Waals surface area contributed by atoms with Crippen molar-refractivity contribution in [2.24, 2.45) is 0 Å². The summed E-state index contributed by atoms with van der Waals surface area (Å²) in [5.74, 6) is 0. The standard InChI is InChI=1S/C17H20N2.ClH/c1-19(12-13-5-4-7-15(18)11-13)17-10-9-14-6-2-3-8-16(14)17;/h2-8,11,17H,9-10,12,18H2,1H3;1H. The highest BCUT2D eigenvalue weighted by Gasteiger charge is 2.25. The molecule has 2 aromatic rings. The van der Waals surface area contributed by atoms with Crippen molar-refractivity contribution in [3.8, 4) is 0 Å². The molecule has 0 bridgehead atoms. The van der Waals surface area contributed by atoms with Gasteiger partial charge in [0.15, 0.2) is 0 Å². The lowest BCUT2D eigenvalue weighted by Gasteiger charge is -2.25. The third-order valence-corrected chi connectivity index (χ3v) is 4.02. The molecule has 0 saturated carbocycles. The van der Waals surface area contributed by atoms with Gasteiger partial charge in [-0.05, 0) is 48.7 Å². The Morgan fingerprint density at radius 1 is 1.15 bits per heavy atom. The summed E-state index contributed by atoms with van der Waals surface area (Å²) in [4.78, 5) is 2.43. The van der Waals surface area contributed by atoms with Crippen LogP contribution in [0.25, 0.3) is 0 Å². The van der Waals surface area contributed by atoms with Gasteiger partial charge in [-0.1, -0.05) is 36.4 Å². The maximum Gasteiger partial charge on any atom is 0.0354 e. The van der Waals surface area contributed by atoms with Crippen molar-refractivity contribution in [1.82, 2.24) is 4.90 Å². The minimum Gasteiger partial charge on any atom is -0.399 e. The highest BCUT2D eigenvalue weighted by Crippen LogP contribution is 2.35. The monoisotopic (exact) mass is 288 g/mol. The number of hydrogen-bond acceptors (Lipinski definition) is 2. The van der Waals surface area contributed by atoms with Gasteiger partial charge in [0.2, 0.25) is 0 Å². The molecule has 0 saturated heterocycles. The molecule has 1 atom stereocenters. The van der Waals surface area contributed by atoms with Gasteiger partial charge in [0.05, 0.1) is 0 Å². The molecule has 20 heavy (non-hydrogen) atoms. The molecule has 1 aliphatic rings. The molecular formula is C17H21ClN2. The number of anilines is 1. The van der Waals surface area contributed by atoms with Crippen molar-refractivity contribution in [3.05, 3.63) is 65.2 Å². The van der Waals surface area contributed by atoms with Gasteiger partial charge in [0.25, 0.3) is 0 Å². The number of fused-ring (bicyclic) bond motifs is 1. The second kappa shape index (κ2) is 6.29. The number of nitrogens with two attached hydrogens (primary N) is 1. The third kappa shape index (κ3) is 2.97. The molecule has 3 rings (SSSR count). The summed E-state index contributed by atoms with van der Waals surface area (Å²) in [6.45, 7) is 0.948. The van der Waals surface area contributed by atoms with Crippen LogP contribution in [0.4, 0.5) is 5.69 Å². The number of halogens is 1. The molecular weight excluding hydrogens is 268 g/mol. The SMILES string of the molecule is CN(Cc1cccc(N)c1)C1CCc2ccccc21.Cl. The molecule has 3 heteroatoms. The molecule has 1 unspecified atom stereocenters. The molecule has 0 radical (unpaired) electrons. The van der Waals surface area contributed by atoms with Crippen molar-refractivity contribution >= 4 is 18.1 Å². The minimum absolute atomic E-state index is 0. The van der Waals surface area contributed by atoms with Crippen LogP contribution in [0.5, 0.6) is 0 Å². The topological polar surface area (TPSA) is 29.3 Å². The van der Waals surface area contributed by atoms with E-state index in [1.807, 2.05) is 12.1 Å². The number of nitrogens with zero attached hydrogens (tertiary/aromatic N) is 1. The lowest BCUT2D eigenvalue weighted by molar-refractivity contribution is 0.236. The smallest absolute Gasteiger partial charge is 0.0354 e. The van der Waals surface area contributed by atoms with Crippen molar-refractivity contribution in [1.29, 1.82) is 0 Å². The molecule has 0 heterocycles. The van der Waals surface area contributed by atoms with Gasteiger partial charge >= 0.3 is 0 Å². The largest absolute Gasteiger partial charge is 0.399 e. The molecule has 0 spiro atoms. The number of rotatable bonds is 3. The zero-order chi connectivity index (χ0) is 13.2. The van der Waals surface area contributed by atoms with Crippen LogP contribution in [0.1, 0.15) is 29.2 Å². The van der Waals surface area contributed by atoms with E-state index in [-0.39, 0.29) is 12.4 Å². The van der Waals surface area contributed by atoms with E-state index >= 15 is 0 Å². The van der Waals surface area contributed by atoms with E-state index in [9.17, 15) is 0 Å². The summed E-state index contributed by atoms with van der Waals surface area (Å²) < 4.78 is 0. The average Bonchev–Trinajstić information content (AvgIpc) is 2.82. The zero-order valence-corrected chi connectivity index (χ0v) is 12.6. The first-order valence-corrected chi connectivity index (χ1v) is 6.86.